The van der Waals surface area contributed by atoms with Gasteiger partial charge in [0.2, 0.25) is 0 Å². The van der Waals surface area contributed by atoms with Crippen LogP contribution < -0.4 is 0 Å². The third kappa shape index (κ3) is 34.6. The molecule has 0 spiro atoms. The van der Waals surface area contributed by atoms with Crippen molar-refractivity contribution in [3.05, 3.63) is 0 Å². The Kier molecular flexibility index (Phi) is 27.1. The fourth-order valence-electron chi connectivity index (χ4n) is 2.57. The molecule has 0 saturated carbocycles. The summed E-state index contributed by atoms with van der Waals surface area (Å²) < 4.78 is 53.4. The number of hydrogen-bond donors (Lipinski definition) is 1. The zero-order valence-corrected chi connectivity index (χ0v) is 24.0. The van der Waals surface area contributed by atoms with Crippen molar-refractivity contribution in [3.63, 3.8) is 0 Å². The molecule has 0 aliphatic carbocycles. The SMILES string of the molecule is CC(C)(C)OC(=O)CCOCCOCCOCCOCCOCCOCCOCCOCCOCCC(=O)O. The normalized spacial score (nSPS) is 11.7. The van der Waals surface area contributed by atoms with Gasteiger partial charge in [-0.1, -0.05) is 0 Å². The second-order valence-corrected chi connectivity index (χ2v) is 8.99. The third-order valence-electron chi connectivity index (χ3n) is 4.31. The molecule has 0 aromatic carbocycles. The maximum atomic E-state index is 11.5. The van der Waals surface area contributed by atoms with Crippen LogP contribution in [0, 0.1) is 0 Å². The van der Waals surface area contributed by atoms with Crippen LogP contribution in [0.3, 0.4) is 0 Å². The van der Waals surface area contributed by atoms with Gasteiger partial charge in [0, 0.05) is 0 Å². The summed E-state index contributed by atoms with van der Waals surface area (Å²) in [6, 6.07) is 0. The minimum absolute atomic E-state index is 0.00407. The molecule has 0 amide bonds. The Hall–Kier alpha value is -1.42. The molecule has 1 N–H and O–H groups in total. The first kappa shape index (κ1) is 37.6. The van der Waals surface area contributed by atoms with E-state index in [0.29, 0.717) is 112 Å². The van der Waals surface area contributed by atoms with Crippen molar-refractivity contribution < 1.29 is 62.1 Å². The highest BCUT2D eigenvalue weighted by Crippen LogP contribution is 2.08. The Morgan fingerprint density at radius 2 is 0.667 bits per heavy atom. The molecule has 0 heterocycles. The first-order valence-corrected chi connectivity index (χ1v) is 13.4. The predicted molar refractivity (Wildman–Crippen MR) is 140 cm³/mol. The van der Waals surface area contributed by atoms with Crippen molar-refractivity contribution in [3.8, 4) is 0 Å². The molecule has 0 fully saturated rings. The molecule has 0 rings (SSSR count). The summed E-state index contributed by atoms with van der Waals surface area (Å²) in [5, 5.41) is 8.47. The van der Waals surface area contributed by atoms with E-state index < -0.39 is 11.6 Å². The molecule has 13 heteroatoms. The number of carbonyl (C=O) groups is 2. The quantitative estimate of drug-likeness (QED) is 0.0979. The molecule has 0 unspecified atom stereocenters. The summed E-state index contributed by atoms with van der Waals surface area (Å²) in [5.74, 6) is -1.15. The first-order chi connectivity index (χ1) is 18.8. The number of carboxylic acid groups (broad SMARTS) is 1. The minimum Gasteiger partial charge on any atom is -0.481 e. The molecular weight excluding hydrogens is 520 g/mol. The van der Waals surface area contributed by atoms with Gasteiger partial charge in [-0.15, -0.1) is 0 Å². The van der Waals surface area contributed by atoms with E-state index >= 15 is 0 Å². The van der Waals surface area contributed by atoms with Crippen molar-refractivity contribution in [2.24, 2.45) is 0 Å². The van der Waals surface area contributed by atoms with Crippen molar-refractivity contribution in [1.82, 2.24) is 0 Å². The number of hydrogen-bond acceptors (Lipinski definition) is 12. The van der Waals surface area contributed by atoms with Gasteiger partial charge in [-0.3, -0.25) is 9.59 Å². The molecule has 0 aromatic rings. The molecule has 0 saturated heterocycles. The van der Waals surface area contributed by atoms with Crippen LogP contribution in [0.4, 0.5) is 0 Å². The van der Waals surface area contributed by atoms with E-state index in [-0.39, 0.29) is 25.4 Å². The van der Waals surface area contributed by atoms with Crippen LogP contribution in [0.15, 0.2) is 0 Å². The average molecular weight is 571 g/mol. The molecule has 0 atom stereocenters. The van der Waals surface area contributed by atoms with Crippen molar-refractivity contribution >= 4 is 11.9 Å². The average Bonchev–Trinajstić information content (AvgIpc) is 2.86. The lowest BCUT2D eigenvalue weighted by molar-refractivity contribution is -0.156. The number of carboxylic acids is 1. The number of aliphatic carboxylic acids is 1. The van der Waals surface area contributed by atoms with E-state index in [2.05, 4.69) is 0 Å². The van der Waals surface area contributed by atoms with Crippen LogP contribution >= 0.6 is 0 Å². The van der Waals surface area contributed by atoms with E-state index in [9.17, 15) is 9.59 Å². The molecular formula is C26H50O13. The first-order valence-electron chi connectivity index (χ1n) is 13.4. The molecule has 0 bridgehead atoms. The molecule has 0 aromatic heterocycles. The summed E-state index contributed by atoms with van der Waals surface area (Å²) in [6.45, 7) is 13.3. The second kappa shape index (κ2) is 28.1. The summed E-state index contributed by atoms with van der Waals surface area (Å²) in [6.07, 6.45) is 0.224. The Morgan fingerprint density at radius 3 is 0.897 bits per heavy atom. The van der Waals surface area contributed by atoms with E-state index in [4.69, 9.17) is 52.5 Å². The van der Waals surface area contributed by atoms with Gasteiger partial charge in [0.15, 0.2) is 0 Å². The van der Waals surface area contributed by atoms with Crippen LogP contribution in [0.2, 0.25) is 0 Å². The standard InChI is InChI=1S/C26H50O13/c1-26(2,3)39-25(29)5-7-31-9-11-33-13-15-35-17-19-37-21-23-38-22-20-36-18-16-34-14-12-32-10-8-30-6-4-24(27)28/h4-23H2,1-3H3,(H,27,28). The van der Waals surface area contributed by atoms with E-state index in [1.54, 1.807) is 0 Å². The fraction of sp³-hybridized carbons (Fsp3) is 0.923. The number of esters is 1. The number of carbonyl (C=O) groups excluding carboxylic acids is 1. The second-order valence-electron chi connectivity index (χ2n) is 8.99. The molecule has 232 valence electrons. The molecule has 0 radical (unpaired) electrons. The van der Waals surface area contributed by atoms with Gasteiger partial charge in [-0.05, 0) is 20.8 Å². The van der Waals surface area contributed by atoms with Crippen molar-refractivity contribution in [2.75, 3.05) is 119 Å². The van der Waals surface area contributed by atoms with Gasteiger partial charge in [-0.25, -0.2) is 0 Å². The smallest absolute Gasteiger partial charge is 0.308 e. The van der Waals surface area contributed by atoms with Gasteiger partial charge in [-0.2, -0.15) is 0 Å². The lowest BCUT2D eigenvalue weighted by Gasteiger charge is -2.19. The zero-order chi connectivity index (χ0) is 28.9. The summed E-state index contributed by atoms with van der Waals surface area (Å²) in [4.78, 5) is 21.8. The Morgan fingerprint density at radius 1 is 0.436 bits per heavy atom. The Balaban J connectivity index is 3.10. The molecule has 0 aliphatic rings. The number of rotatable bonds is 30. The summed E-state index contributed by atoms with van der Waals surface area (Å²) in [7, 11) is 0. The van der Waals surface area contributed by atoms with E-state index in [1.807, 2.05) is 20.8 Å². The van der Waals surface area contributed by atoms with Gasteiger partial charge >= 0.3 is 11.9 Å². The van der Waals surface area contributed by atoms with Gasteiger partial charge < -0.3 is 52.5 Å². The van der Waals surface area contributed by atoms with Crippen LogP contribution in [0.25, 0.3) is 0 Å². The minimum atomic E-state index is -0.876. The Bertz CT molecular complexity index is 554. The van der Waals surface area contributed by atoms with E-state index in [0.717, 1.165) is 0 Å². The molecule has 13 nitrogen and oxygen atoms in total. The third-order valence-corrected chi connectivity index (χ3v) is 4.31. The highest BCUT2D eigenvalue weighted by atomic mass is 16.6. The van der Waals surface area contributed by atoms with Gasteiger partial charge in [0.25, 0.3) is 0 Å². The summed E-state index contributed by atoms with van der Waals surface area (Å²) >= 11 is 0. The predicted octanol–water partition coefficient (Wildman–Crippen LogP) is 1.34. The van der Waals surface area contributed by atoms with Gasteiger partial charge in [0.1, 0.15) is 5.60 Å². The van der Waals surface area contributed by atoms with Crippen LogP contribution in [-0.4, -0.2) is 142 Å². The summed E-state index contributed by atoms with van der Waals surface area (Å²) in [5.41, 5.74) is -0.476. The Labute approximate surface area is 232 Å². The maximum absolute atomic E-state index is 11.5. The largest absolute Gasteiger partial charge is 0.481 e. The van der Waals surface area contributed by atoms with Crippen molar-refractivity contribution in [2.45, 2.75) is 39.2 Å². The fourth-order valence-corrected chi connectivity index (χ4v) is 2.57. The highest BCUT2D eigenvalue weighted by molar-refractivity contribution is 5.69. The lowest BCUT2D eigenvalue weighted by Crippen LogP contribution is -2.24. The lowest BCUT2D eigenvalue weighted by atomic mass is 10.2. The van der Waals surface area contributed by atoms with E-state index in [1.165, 1.54) is 0 Å². The number of ether oxygens (including phenoxy) is 10. The topological polar surface area (TPSA) is 147 Å². The van der Waals surface area contributed by atoms with Crippen molar-refractivity contribution in [1.29, 1.82) is 0 Å². The highest BCUT2D eigenvalue weighted by Gasteiger charge is 2.15. The van der Waals surface area contributed by atoms with Gasteiger partial charge in [0.05, 0.1) is 132 Å². The van der Waals surface area contributed by atoms with Crippen LogP contribution in [0.1, 0.15) is 33.6 Å². The van der Waals surface area contributed by atoms with Crippen LogP contribution in [0.5, 0.6) is 0 Å². The maximum Gasteiger partial charge on any atom is 0.308 e. The van der Waals surface area contributed by atoms with Crippen LogP contribution in [-0.2, 0) is 57.0 Å². The molecule has 0 aliphatic heterocycles. The monoisotopic (exact) mass is 570 g/mol. The molecule has 39 heavy (non-hydrogen) atoms. The zero-order valence-electron chi connectivity index (χ0n) is 24.0.